The second-order valence-corrected chi connectivity index (χ2v) is 12.0. The van der Waals surface area contributed by atoms with Gasteiger partial charge in [-0.05, 0) is 89.7 Å². The Balaban J connectivity index is 1.33. The van der Waals surface area contributed by atoms with Gasteiger partial charge in [0.25, 0.3) is 5.92 Å². The zero-order valence-electron chi connectivity index (χ0n) is 22.1. The minimum Gasteiger partial charge on any atom is -0.378 e. The number of hydrogen-bond acceptors (Lipinski definition) is 4. The van der Waals surface area contributed by atoms with Gasteiger partial charge in [0, 0.05) is 22.0 Å². The monoisotopic (exact) mass is 670 g/mol. The predicted octanol–water partition coefficient (Wildman–Crippen LogP) is 5.91. The van der Waals surface area contributed by atoms with E-state index in [-0.39, 0.29) is 29.8 Å². The number of aliphatic hydroxyl groups is 1. The number of rotatable bonds is 6. The highest BCUT2D eigenvalue weighted by Gasteiger charge is 2.68. The normalized spacial score (nSPS) is 21.6. The molecule has 0 unspecified atom stereocenters. The molecule has 6 rings (SSSR count). The van der Waals surface area contributed by atoms with Crippen LogP contribution in [0.4, 0.5) is 30.7 Å². The van der Waals surface area contributed by atoms with Gasteiger partial charge in [0.2, 0.25) is 5.91 Å². The van der Waals surface area contributed by atoms with Crippen LogP contribution in [0.15, 0.2) is 34.8 Å². The molecule has 0 bridgehead atoms. The van der Waals surface area contributed by atoms with Crippen LogP contribution in [-0.2, 0) is 29.9 Å². The van der Waals surface area contributed by atoms with Crippen LogP contribution < -0.4 is 5.32 Å². The van der Waals surface area contributed by atoms with Gasteiger partial charge in [0.05, 0.1) is 11.7 Å². The molecule has 2 N–H and O–H groups in total. The van der Waals surface area contributed by atoms with Gasteiger partial charge < -0.3 is 10.4 Å². The Morgan fingerprint density at radius 1 is 1.19 bits per heavy atom. The van der Waals surface area contributed by atoms with E-state index in [9.17, 15) is 40.6 Å². The van der Waals surface area contributed by atoms with Crippen LogP contribution in [0.2, 0.25) is 0 Å². The summed E-state index contributed by atoms with van der Waals surface area (Å²) < 4.78 is 99.8. The average Bonchev–Trinajstić information content (AvgIpc) is 3.54. The lowest BCUT2D eigenvalue weighted by Gasteiger charge is -2.30. The summed E-state index contributed by atoms with van der Waals surface area (Å²) in [5, 5.41) is 16.3. The van der Waals surface area contributed by atoms with Gasteiger partial charge in [-0.25, -0.2) is 13.8 Å². The number of fused-ring (bicyclic) bond motifs is 3. The maximum Gasteiger partial charge on any atom is 0.435 e. The summed E-state index contributed by atoms with van der Waals surface area (Å²) >= 11 is 3.34. The number of pyridine rings is 1. The zero-order chi connectivity index (χ0) is 30.9. The number of carbonyl (C=O) groups is 1. The number of nitrogens with zero attached hydrogens (tertiary/aromatic N) is 3. The molecule has 0 spiro atoms. The van der Waals surface area contributed by atoms with Crippen LogP contribution >= 0.6 is 15.9 Å². The molecule has 0 aliphatic heterocycles. The van der Waals surface area contributed by atoms with Crippen molar-refractivity contribution in [3.63, 3.8) is 0 Å². The van der Waals surface area contributed by atoms with Gasteiger partial charge in [-0.1, -0.05) is 5.92 Å². The summed E-state index contributed by atoms with van der Waals surface area (Å²) in [6.07, 6.45) is -3.49. The highest BCUT2D eigenvalue weighted by molar-refractivity contribution is 9.10. The van der Waals surface area contributed by atoms with E-state index in [0.29, 0.717) is 28.1 Å². The van der Waals surface area contributed by atoms with E-state index in [1.807, 2.05) is 0 Å². The Morgan fingerprint density at radius 3 is 2.51 bits per heavy atom. The predicted molar refractivity (Wildman–Crippen MR) is 141 cm³/mol. The van der Waals surface area contributed by atoms with E-state index < -0.39 is 76.6 Å². The van der Waals surface area contributed by atoms with Crippen molar-refractivity contribution in [2.24, 2.45) is 5.92 Å². The molecule has 3 aliphatic carbocycles. The Kier molecular flexibility index (Phi) is 7.12. The number of aromatic nitrogens is 3. The number of amides is 1. The highest BCUT2D eigenvalue weighted by Crippen LogP contribution is 2.68. The molecule has 226 valence electrons. The molecular weight excluding hydrogens is 649 g/mol. The molecule has 43 heavy (non-hydrogen) atoms. The lowest BCUT2D eigenvalue weighted by atomic mass is 9.81. The van der Waals surface area contributed by atoms with Crippen molar-refractivity contribution in [1.29, 1.82) is 0 Å². The van der Waals surface area contributed by atoms with Crippen molar-refractivity contribution in [2.45, 2.75) is 68.3 Å². The molecule has 1 aromatic carbocycles. The maximum atomic E-state index is 15.0. The van der Waals surface area contributed by atoms with Gasteiger partial charge in [-0.2, -0.15) is 27.1 Å². The van der Waals surface area contributed by atoms with Gasteiger partial charge in [0.15, 0.2) is 5.69 Å². The summed E-state index contributed by atoms with van der Waals surface area (Å²) in [5.74, 6) is -3.04. The lowest BCUT2D eigenvalue weighted by molar-refractivity contribution is -0.142. The second-order valence-electron chi connectivity index (χ2n) is 11.1. The summed E-state index contributed by atoms with van der Waals surface area (Å²) in [7, 11) is 0. The smallest absolute Gasteiger partial charge is 0.378 e. The first-order valence-corrected chi connectivity index (χ1v) is 14.2. The standard InChI is InChI=1S/C29H22BrF7N4O2/c30-20-3-2-17(4-7-27(43)5-1-6-27)38-24(20)21(10-14-8-15(31)11-16(32)9-14)39-22(42)13-41-26-23(25(40-41)29(35,36)37)18-12-19(18)28(26,33)34/h2-3,8-9,11,18-19,21,43H,1,5-6,10,12-13H2,(H,39,42)/t18-,19+,21-/m0/s1. The summed E-state index contributed by atoms with van der Waals surface area (Å²) in [4.78, 5) is 17.7. The molecule has 1 amide bonds. The van der Waals surface area contributed by atoms with E-state index in [4.69, 9.17) is 0 Å². The van der Waals surface area contributed by atoms with Crippen molar-refractivity contribution in [2.75, 3.05) is 0 Å². The summed E-state index contributed by atoms with van der Waals surface area (Å²) in [6, 6.07) is 4.71. The fourth-order valence-electron chi connectivity index (χ4n) is 5.74. The number of carbonyl (C=O) groups excluding carboxylic acids is 1. The molecule has 2 aromatic heterocycles. The number of hydrogen-bond donors (Lipinski definition) is 2. The largest absolute Gasteiger partial charge is 0.435 e. The molecule has 2 fully saturated rings. The number of nitrogens with one attached hydrogen (secondary N) is 1. The first-order chi connectivity index (χ1) is 20.1. The van der Waals surface area contributed by atoms with Crippen molar-refractivity contribution in [1.82, 2.24) is 20.1 Å². The van der Waals surface area contributed by atoms with Gasteiger partial charge in [0.1, 0.15) is 35.2 Å². The zero-order valence-corrected chi connectivity index (χ0v) is 23.7. The Labute approximate surface area is 248 Å². The minimum atomic E-state index is -4.99. The summed E-state index contributed by atoms with van der Waals surface area (Å²) in [5.41, 5.74) is -3.60. The van der Waals surface area contributed by atoms with Gasteiger partial charge >= 0.3 is 6.18 Å². The van der Waals surface area contributed by atoms with Crippen LogP contribution in [0.1, 0.15) is 71.5 Å². The maximum absolute atomic E-state index is 15.0. The molecule has 0 saturated heterocycles. The van der Waals surface area contributed by atoms with Crippen molar-refractivity contribution in [3.05, 3.63) is 80.3 Å². The Bertz CT molecular complexity index is 1670. The third kappa shape index (κ3) is 5.64. The van der Waals surface area contributed by atoms with Gasteiger partial charge in [-0.3, -0.25) is 9.48 Å². The topological polar surface area (TPSA) is 80.0 Å². The fourth-order valence-corrected chi connectivity index (χ4v) is 6.24. The number of benzene rings is 1. The third-order valence-corrected chi connectivity index (χ3v) is 8.67. The highest BCUT2D eigenvalue weighted by atomic mass is 79.9. The first-order valence-electron chi connectivity index (χ1n) is 13.4. The van der Waals surface area contributed by atoms with Crippen molar-refractivity contribution < 1.29 is 40.6 Å². The molecule has 3 atom stereocenters. The summed E-state index contributed by atoms with van der Waals surface area (Å²) in [6.45, 7) is -0.967. The Morgan fingerprint density at radius 2 is 1.88 bits per heavy atom. The first kappa shape index (κ1) is 29.6. The second kappa shape index (κ2) is 10.3. The van der Waals surface area contributed by atoms with E-state index in [2.05, 4.69) is 43.2 Å². The van der Waals surface area contributed by atoms with E-state index in [1.54, 1.807) is 12.1 Å². The van der Waals surface area contributed by atoms with Crippen LogP contribution in [0.25, 0.3) is 0 Å². The molecular formula is C29H22BrF7N4O2. The molecule has 2 saturated carbocycles. The van der Waals surface area contributed by atoms with Crippen LogP contribution in [0, 0.1) is 29.4 Å². The van der Waals surface area contributed by atoms with Crippen molar-refractivity contribution >= 4 is 21.8 Å². The van der Waals surface area contributed by atoms with Crippen molar-refractivity contribution in [3.8, 4) is 11.8 Å². The van der Waals surface area contributed by atoms with Crippen LogP contribution in [-0.4, -0.2) is 31.4 Å². The van der Waals surface area contributed by atoms with E-state index in [0.717, 1.165) is 18.6 Å². The van der Waals surface area contributed by atoms with Crippen LogP contribution in [0.5, 0.6) is 0 Å². The molecule has 14 heteroatoms. The molecule has 2 heterocycles. The lowest BCUT2D eigenvalue weighted by Crippen LogP contribution is -2.35. The fraction of sp³-hybridized carbons (Fsp3) is 0.414. The third-order valence-electron chi connectivity index (χ3n) is 8.00. The van der Waals surface area contributed by atoms with Crippen LogP contribution in [0.3, 0.4) is 0 Å². The molecule has 6 nitrogen and oxygen atoms in total. The Hall–Kier alpha value is -3.44. The number of alkyl halides is 5. The number of halogens is 8. The minimum absolute atomic E-state index is 0.0937. The average molecular weight is 671 g/mol. The molecule has 3 aliphatic rings. The van der Waals surface area contributed by atoms with Gasteiger partial charge in [-0.15, -0.1) is 0 Å². The van der Waals surface area contributed by atoms with E-state index in [1.165, 1.54) is 0 Å². The molecule has 3 aromatic rings. The quantitative estimate of drug-likeness (QED) is 0.252. The molecule has 0 radical (unpaired) electrons. The SMILES string of the molecule is O=C(Cn1nc(C(F)(F)F)c2c1C(F)(F)[C@@H]1C[C@H]21)N[C@@H](Cc1cc(F)cc(F)c1)c1nc(C#CC2(O)CCC2)ccc1Br. The van der Waals surface area contributed by atoms with E-state index >= 15 is 0 Å².